The van der Waals surface area contributed by atoms with Gasteiger partial charge in [0.2, 0.25) is 10.8 Å². The van der Waals surface area contributed by atoms with Gasteiger partial charge in [-0.05, 0) is 151 Å². The molecule has 0 N–H and O–H groups in total. The smallest absolute Gasteiger partial charge is 0.411 e. The third-order valence-corrected chi connectivity index (χ3v) is 12.8. The largest absolute Gasteiger partial charge is 0.428 e. The van der Waals surface area contributed by atoms with E-state index in [1.807, 2.05) is 32.9 Å². The van der Waals surface area contributed by atoms with Crippen LogP contribution in [0, 0.1) is 83.1 Å². The lowest BCUT2D eigenvalue weighted by Crippen LogP contribution is -2.54. The molecule has 0 aliphatic heterocycles. The highest BCUT2D eigenvalue weighted by Crippen LogP contribution is 2.58. The van der Waals surface area contributed by atoms with Gasteiger partial charge >= 0.3 is 24.7 Å². The Labute approximate surface area is 448 Å². The van der Waals surface area contributed by atoms with Gasteiger partial charge in [-0.15, -0.1) is 0 Å². The van der Waals surface area contributed by atoms with E-state index in [0.29, 0.717) is 40.5 Å². The van der Waals surface area contributed by atoms with Crippen LogP contribution >= 0.6 is 0 Å². The van der Waals surface area contributed by atoms with Gasteiger partial charge in [0.1, 0.15) is 11.5 Å². The van der Waals surface area contributed by atoms with Crippen LogP contribution in [0.1, 0.15) is 89.0 Å². The Balaban J connectivity index is 0.000000279. The van der Waals surface area contributed by atoms with E-state index in [1.165, 1.54) is 72.0 Å². The summed E-state index contributed by atoms with van der Waals surface area (Å²) in [5, 5.41) is 0. The number of hydrogen-bond donors (Lipinski definition) is 0. The van der Waals surface area contributed by atoms with Crippen LogP contribution in [0.15, 0.2) is 146 Å². The van der Waals surface area contributed by atoms with Gasteiger partial charge in [0.15, 0.2) is 0 Å². The summed E-state index contributed by atoms with van der Waals surface area (Å²) in [6.45, 7) is 22.4. The summed E-state index contributed by atoms with van der Waals surface area (Å²) in [6.07, 6.45) is -22.4. The SMILES string of the molecule is Cc1cc(C)c(OC=O)cc1C.Cc1ccc(C(c2ccc(C)cc2)(C(F)(F)F)C(F)(F)F)cc1.Cc1ccc(C(c2ccc(OC=O)c(C)c2)(C(F)(F)F)C(F)(F)F)cc1C.Cc1ccc(C)cc1.Cc1cccc(C)c1. The first-order valence-corrected chi connectivity index (χ1v) is 24.0. The van der Waals surface area contributed by atoms with E-state index in [1.54, 1.807) is 20.8 Å². The molecule has 0 unspecified atom stereocenters. The maximum atomic E-state index is 14.0. The van der Waals surface area contributed by atoms with Gasteiger partial charge in [0.05, 0.1) is 0 Å². The van der Waals surface area contributed by atoms with Crippen molar-refractivity contribution in [1.82, 2.24) is 0 Å². The number of hydrogen-bond acceptors (Lipinski definition) is 4. The van der Waals surface area contributed by atoms with Crippen LogP contribution in [0.5, 0.6) is 11.5 Å². The molecule has 7 aromatic carbocycles. The average Bonchev–Trinajstić information content (AvgIpc) is 3.38. The lowest BCUT2D eigenvalue weighted by molar-refractivity contribution is -0.290. The van der Waals surface area contributed by atoms with Gasteiger partial charge in [0.25, 0.3) is 12.9 Å². The summed E-state index contributed by atoms with van der Waals surface area (Å²) in [4.78, 5) is 20.5. The normalized spacial score (nSPS) is 11.7. The Morgan fingerprint density at radius 2 is 0.577 bits per heavy atom. The zero-order valence-corrected chi connectivity index (χ0v) is 45.2. The number of rotatable bonds is 8. The molecule has 0 spiro atoms. The molecule has 0 bridgehead atoms. The van der Waals surface area contributed by atoms with Crippen molar-refractivity contribution in [3.05, 3.63) is 235 Å². The van der Waals surface area contributed by atoms with E-state index >= 15 is 0 Å². The summed E-state index contributed by atoms with van der Waals surface area (Å²) in [5.74, 6) is 0.528. The fourth-order valence-electron chi connectivity index (χ4n) is 8.17. The molecule has 0 amide bonds. The molecule has 4 nitrogen and oxygen atoms in total. The highest BCUT2D eigenvalue weighted by atomic mass is 19.4. The van der Waals surface area contributed by atoms with Gasteiger partial charge in [-0.1, -0.05) is 167 Å². The number of carbonyl (C=O) groups excluding carboxylic acids is 2. The molecule has 0 aliphatic rings. The van der Waals surface area contributed by atoms with Gasteiger partial charge in [-0.25, -0.2) is 0 Å². The van der Waals surface area contributed by atoms with Gasteiger partial charge in [-0.2, -0.15) is 52.7 Å². The lowest BCUT2D eigenvalue weighted by atomic mass is 9.72. The number of benzene rings is 7. The Kier molecular flexibility index (Phi) is 22.3. The zero-order valence-electron chi connectivity index (χ0n) is 45.2. The number of aryl methyl sites for hydroxylation is 12. The Morgan fingerprint density at radius 1 is 0.282 bits per heavy atom. The summed E-state index contributed by atoms with van der Waals surface area (Å²) >= 11 is 0. The second-order valence-electron chi connectivity index (χ2n) is 18.9. The second-order valence-corrected chi connectivity index (χ2v) is 18.9. The van der Waals surface area contributed by atoms with E-state index in [-0.39, 0.29) is 17.8 Å². The molecule has 0 fully saturated rings. The quantitative estimate of drug-likeness (QED) is 0.112. The molecular weight excluding hydrogens is 1040 g/mol. The van der Waals surface area contributed by atoms with Crippen molar-refractivity contribution >= 4 is 12.9 Å². The maximum Gasteiger partial charge on any atom is 0.411 e. The predicted octanol–water partition coefficient (Wildman–Crippen LogP) is 18.0. The van der Waals surface area contributed by atoms with Crippen LogP contribution in [-0.2, 0) is 20.4 Å². The molecule has 7 aromatic rings. The van der Waals surface area contributed by atoms with Crippen molar-refractivity contribution in [3.63, 3.8) is 0 Å². The van der Waals surface area contributed by atoms with E-state index in [9.17, 15) is 62.3 Å². The molecule has 7 rings (SSSR count). The van der Waals surface area contributed by atoms with Gasteiger partial charge < -0.3 is 9.47 Å². The fraction of sp³-hybridized carbons (Fsp3) is 0.290. The maximum absolute atomic E-state index is 14.0. The molecule has 0 atom stereocenters. The van der Waals surface area contributed by atoms with Crippen LogP contribution in [0.3, 0.4) is 0 Å². The molecule has 16 heteroatoms. The molecule has 0 aromatic heterocycles. The molecule has 0 saturated carbocycles. The molecule has 0 heterocycles. The standard InChI is InChI=1S/C19H16F6O2.C17H14F6.C10H12O2.2C8H10/c1-11-4-5-14(8-12(11)2)17(18(20,21)22,19(23,24)25)15-6-7-16(27-10-26)13(3)9-15;1-11-3-7-13(8-4-11)15(16(18,19)20,17(21,22)23)14-9-5-12(2)6-10-14;1-7-4-9(3)10(12-6-11)5-8(7)2;1-7-3-5-8(2)6-4-7;1-7-4-3-5-8(2)6-7/h4-10H,1-3H3;3-10H,1-2H3;4-6H,1-3H3;2*3-6H,1-2H3. The third-order valence-electron chi connectivity index (χ3n) is 12.8. The lowest BCUT2D eigenvalue weighted by Gasteiger charge is -2.38. The molecular formula is C62H62F12O4. The number of carbonyl (C=O) groups is 2. The minimum Gasteiger partial charge on any atom is -0.428 e. The first kappa shape index (κ1) is 64.9. The van der Waals surface area contributed by atoms with Crippen molar-refractivity contribution in [3.8, 4) is 11.5 Å². The van der Waals surface area contributed by atoms with Crippen molar-refractivity contribution in [2.24, 2.45) is 0 Å². The first-order valence-electron chi connectivity index (χ1n) is 24.0. The fourth-order valence-corrected chi connectivity index (χ4v) is 8.17. The van der Waals surface area contributed by atoms with Gasteiger partial charge in [0, 0.05) is 0 Å². The summed E-state index contributed by atoms with van der Waals surface area (Å²) < 4.78 is 176. The highest BCUT2D eigenvalue weighted by molar-refractivity contribution is 5.54. The van der Waals surface area contributed by atoms with E-state index in [4.69, 9.17) is 4.74 Å². The highest BCUT2D eigenvalue weighted by Gasteiger charge is 2.73. The van der Waals surface area contributed by atoms with Gasteiger partial charge in [-0.3, -0.25) is 9.59 Å². The monoisotopic (exact) mass is 1100 g/mol. The van der Waals surface area contributed by atoms with Crippen LogP contribution in [-0.4, -0.2) is 37.6 Å². The summed E-state index contributed by atoms with van der Waals surface area (Å²) in [7, 11) is 0. The van der Waals surface area contributed by atoms with Crippen LogP contribution in [0.4, 0.5) is 52.7 Å². The zero-order chi connectivity index (χ0) is 59.2. The van der Waals surface area contributed by atoms with E-state index in [0.717, 1.165) is 59.7 Å². The Hall–Kier alpha value is -7.36. The van der Waals surface area contributed by atoms with Crippen molar-refractivity contribution in [2.45, 2.75) is 119 Å². The van der Waals surface area contributed by atoms with E-state index in [2.05, 4.69) is 81.0 Å². The van der Waals surface area contributed by atoms with Crippen LogP contribution < -0.4 is 9.47 Å². The third kappa shape index (κ3) is 15.9. The molecule has 78 heavy (non-hydrogen) atoms. The average molecular weight is 1100 g/mol. The van der Waals surface area contributed by atoms with Crippen LogP contribution in [0.2, 0.25) is 0 Å². The van der Waals surface area contributed by atoms with E-state index < -0.39 is 57.8 Å². The van der Waals surface area contributed by atoms with Crippen molar-refractivity contribution < 1.29 is 71.7 Å². The molecule has 418 valence electrons. The summed E-state index contributed by atoms with van der Waals surface area (Å²) in [6, 6.07) is 34.7. The van der Waals surface area contributed by atoms with Crippen LogP contribution in [0.25, 0.3) is 0 Å². The number of ether oxygens (including phenoxy) is 2. The second kappa shape index (κ2) is 26.8. The number of alkyl halides is 12. The number of halogens is 12. The Bertz CT molecular complexity index is 2950. The minimum absolute atomic E-state index is 0.0266. The van der Waals surface area contributed by atoms with Crippen molar-refractivity contribution in [2.75, 3.05) is 0 Å². The topological polar surface area (TPSA) is 52.6 Å². The molecule has 0 saturated heterocycles. The van der Waals surface area contributed by atoms with Crippen molar-refractivity contribution in [1.29, 1.82) is 0 Å². The Morgan fingerprint density at radius 3 is 0.910 bits per heavy atom. The summed E-state index contributed by atoms with van der Waals surface area (Å²) in [5.41, 5.74) is -1.19. The molecule has 0 aliphatic carbocycles. The minimum atomic E-state index is -5.66. The predicted molar refractivity (Wildman–Crippen MR) is 281 cm³/mol. The first-order chi connectivity index (χ1) is 36.1. The molecule has 0 radical (unpaired) electrons.